The van der Waals surface area contributed by atoms with Crippen LogP contribution in [0.5, 0.6) is 5.75 Å². The van der Waals surface area contributed by atoms with Crippen molar-refractivity contribution in [1.82, 2.24) is 0 Å². The van der Waals surface area contributed by atoms with Crippen LogP contribution in [0.4, 0.5) is 5.69 Å². The quantitative estimate of drug-likeness (QED) is 0.851. The fourth-order valence-corrected chi connectivity index (χ4v) is 1.94. The fraction of sp³-hybridized carbons (Fsp3) is 0.385. The van der Waals surface area contributed by atoms with Crippen molar-refractivity contribution in [2.45, 2.75) is 13.3 Å². The zero-order chi connectivity index (χ0) is 13.3. The van der Waals surface area contributed by atoms with E-state index in [9.17, 15) is 9.59 Å². The summed E-state index contributed by atoms with van der Waals surface area (Å²) in [6.07, 6.45) is 0.412. The van der Waals surface area contributed by atoms with Crippen molar-refractivity contribution in [2.24, 2.45) is 11.8 Å². The third kappa shape index (κ3) is 2.30. The maximum atomic E-state index is 11.9. The molecule has 1 aromatic carbocycles. The average Bonchev–Trinajstić information content (AvgIpc) is 3.11. The summed E-state index contributed by atoms with van der Waals surface area (Å²) in [6, 6.07) is 5.45. The van der Waals surface area contributed by atoms with Crippen LogP contribution in [0.2, 0.25) is 0 Å². The number of hydrogen-bond acceptors (Lipinski definition) is 3. The Balaban J connectivity index is 2.11. The van der Waals surface area contributed by atoms with E-state index in [0.29, 0.717) is 17.9 Å². The first kappa shape index (κ1) is 12.4. The summed E-state index contributed by atoms with van der Waals surface area (Å²) < 4.78 is 5.17. The predicted molar refractivity (Wildman–Crippen MR) is 65.6 cm³/mol. The summed E-state index contributed by atoms with van der Waals surface area (Å²) in [7, 11) is 1.53. The molecular weight excluding hydrogens is 234 g/mol. The predicted octanol–water partition coefficient (Wildman–Crippen LogP) is 1.66. The number of nitrogens with one attached hydrogen (secondary N) is 1. The van der Waals surface area contributed by atoms with Gasteiger partial charge in [0.2, 0.25) is 5.91 Å². The van der Waals surface area contributed by atoms with E-state index < -0.39 is 17.8 Å². The van der Waals surface area contributed by atoms with Gasteiger partial charge in [-0.25, -0.2) is 0 Å². The molecule has 1 aliphatic carbocycles. The zero-order valence-corrected chi connectivity index (χ0v) is 10.3. The van der Waals surface area contributed by atoms with Crippen molar-refractivity contribution in [1.29, 1.82) is 0 Å². The molecule has 0 spiro atoms. The average molecular weight is 249 g/mol. The van der Waals surface area contributed by atoms with Crippen LogP contribution < -0.4 is 10.1 Å². The van der Waals surface area contributed by atoms with Gasteiger partial charge in [0.25, 0.3) is 0 Å². The van der Waals surface area contributed by atoms with E-state index in [1.165, 1.54) is 7.11 Å². The summed E-state index contributed by atoms with van der Waals surface area (Å²) >= 11 is 0. The molecule has 2 N–H and O–H groups in total. The maximum absolute atomic E-state index is 11.9. The summed E-state index contributed by atoms with van der Waals surface area (Å²) in [6.45, 7) is 1.86. The van der Waals surface area contributed by atoms with Crippen LogP contribution >= 0.6 is 0 Å². The number of para-hydroxylation sites is 1. The minimum atomic E-state index is -0.910. The molecule has 0 aliphatic heterocycles. The van der Waals surface area contributed by atoms with Gasteiger partial charge in [0.05, 0.1) is 24.6 Å². The number of carbonyl (C=O) groups is 2. The molecule has 5 heteroatoms. The number of benzene rings is 1. The van der Waals surface area contributed by atoms with Gasteiger partial charge in [0, 0.05) is 0 Å². The van der Waals surface area contributed by atoms with Crippen molar-refractivity contribution in [2.75, 3.05) is 12.4 Å². The van der Waals surface area contributed by atoms with Gasteiger partial charge in [-0.3, -0.25) is 9.59 Å². The number of hydrogen-bond donors (Lipinski definition) is 2. The van der Waals surface area contributed by atoms with Crippen LogP contribution in [0, 0.1) is 18.8 Å². The molecule has 5 nitrogen and oxygen atoms in total. The number of amides is 1. The molecule has 2 unspecified atom stereocenters. The number of aryl methyl sites for hydroxylation is 1. The smallest absolute Gasteiger partial charge is 0.307 e. The highest BCUT2D eigenvalue weighted by atomic mass is 16.5. The van der Waals surface area contributed by atoms with Crippen molar-refractivity contribution in [3.63, 3.8) is 0 Å². The molecular formula is C13H15NO4. The molecule has 0 aromatic heterocycles. The number of carboxylic acids is 1. The summed E-state index contributed by atoms with van der Waals surface area (Å²) in [5, 5.41) is 11.5. The van der Waals surface area contributed by atoms with Crippen LogP contribution in [-0.2, 0) is 9.59 Å². The van der Waals surface area contributed by atoms with Crippen LogP contribution in [0.1, 0.15) is 12.0 Å². The van der Waals surface area contributed by atoms with Crippen molar-refractivity contribution in [3.05, 3.63) is 23.8 Å². The minimum Gasteiger partial charge on any atom is -0.495 e. The lowest BCUT2D eigenvalue weighted by Crippen LogP contribution is -2.18. The first-order valence-corrected chi connectivity index (χ1v) is 5.72. The molecule has 1 amide bonds. The number of carboxylic acid groups (broad SMARTS) is 1. The molecule has 2 atom stereocenters. The molecule has 1 aromatic rings. The lowest BCUT2D eigenvalue weighted by Gasteiger charge is -2.12. The summed E-state index contributed by atoms with van der Waals surface area (Å²) in [4.78, 5) is 22.6. The van der Waals surface area contributed by atoms with Gasteiger partial charge in [0.1, 0.15) is 5.75 Å². The van der Waals surface area contributed by atoms with Gasteiger partial charge in [0.15, 0.2) is 0 Å². The van der Waals surface area contributed by atoms with E-state index in [1.54, 1.807) is 6.07 Å². The van der Waals surface area contributed by atoms with E-state index in [4.69, 9.17) is 9.84 Å². The topological polar surface area (TPSA) is 75.6 Å². The van der Waals surface area contributed by atoms with Crippen LogP contribution in [0.15, 0.2) is 18.2 Å². The number of anilines is 1. The molecule has 18 heavy (non-hydrogen) atoms. The Hall–Kier alpha value is -2.04. The van der Waals surface area contributed by atoms with Gasteiger partial charge in [-0.05, 0) is 25.0 Å². The summed E-state index contributed by atoms with van der Waals surface area (Å²) in [5.74, 6) is -1.55. The highest BCUT2D eigenvalue weighted by Crippen LogP contribution is 2.40. The van der Waals surface area contributed by atoms with Gasteiger partial charge in [-0.15, -0.1) is 0 Å². The Morgan fingerprint density at radius 2 is 2.11 bits per heavy atom. The molecule has 1 saturated carbocycles. The Morgan fingerprint density at radius 3 is 2.67 bits per heavy atom. The standard InChI is InChI=1S/C13H15NO4/c1-7-4-3-5-10(18-2)11(7)14-12(15)8-6-9(8)13(16)17/h3-5,8-9H,6H2,1-2H3,(H,14,15)(H,16,17). The monoisotopic (exact) mass is 249 g/mol. The normalized spacial score (nSPS) is 21.2. The highest BCUT2D eigenvalue weighted by Gasteiger charge is 2.48. The molecule has 2 rings (SSSR count). The Labute approximate surface area is 105 Å². The number of ether oxygens (including phenoxy) is 1. The van der Waals surface area contributed by atoms with Crippen molar-refractivity contribution >= 4 is 17.6 Å². The molecule has 96 valence electrons. The Bertz CT molecular complexity index is 498. The second-order valence-electron chi connectivity index (χ2n) is 4.43. The first-order valence-electron chi connectivity index (χ1n) is 5.72. The van der Waals surface area contributed by atoms with Gasteiger partial charge in [-0.2, -0.15) is 0 Å². The van der Waals surface area contributed by atoms with Crippen LogP contribution in [-0.4, -0.2) is 24.1 Å². The van der Waals surface area contributed by atoms with Crippen molar-refractivity contribution < 1.29 is 19.4 Å². The fourth-order valence-electron chi connectivity index (χ4n) is 1.94. The zero-order valence-electron chi connectivity index (χ0n) is 10.3. The van der Waals surface area contributed by atoms with Gasteiger partial charge < -0.3 is 15.2 Å². The maximum Gasteiger partial charge on any atom is 0.307 e. The van der Waals surface area contributed by atoms with Gasteiger partial charge >= 0.3 is 5.97 Å². The number of carbonyl (C=O) groups excluding carboxylic acids is 1. The van der Waals surface area contributed by atoms with E-state index in [0.717, 1.165) is 5.56 Å². The SMILES string of the molecule is COc1cccc(C)c1NC(=O)C1CC1C(=O)O. The summed E-state index contributed by atoms with van der Waals surface area (Å²) in [5.41, 5.74) is 1.50. The first-order chi connectivity index (χ1) is 8.54. The van der Waals surface area contributed by atoms with E-state index in [2.05, 4.69) is 5.32 Å². The van der Waals surface area contributed by atoms with E-state index >= 15 is 0 Å². The molecule has 0 radical (unpaired) electrons. The molecule has 0 heterocycles. The molecule has 1 aliphatic rings. The molecule has 0 bridgehead atoms. The number of aliphatic carboxylic acids is 1. The number of rotatable bonds is 4. The second kappa shape index (κ2) is 4.68. The molecule has 0 saturated heterocycles. The Morgan fingerprint density at radius 1 is 1.39 bits per heavy atom. The third-order valence-corrected chi connectivity index (χ3v) is 3.15. The van der Waals surface area contributed by atoms with Crippen LogP contribution in [0.3, 0.4) is 0 Å². The van der Waals surface area contributed by atoms with Gasteiger partial charge in [-0.1, -0.05) is 12.1 Å². The number of methoxy groups -OCH3 is 1. The second-order valence-corrected chi connectivity index (χ2v) is 4.43. The Kier molecular flexibility index (Phi) is 3.23. The lowest BCUT2D eigenvalue weighted by molar-refractivity contribution is -0.139. The minimum absolute atomic E-state index is 0.255. The molecule has 1 fully saturated rings. The van der Waals surface area contributed by atoms with Crippen LogP contribution in [0.25, 0.3) is 0 Å². The third-order valence-electron chi connectivity index (χ3n) is 3.15. The van der Waals surface area contributed by atoms with E-state index in [1.807, 2.05) is 19.1 Å². The highest BCUT2D eigenvalue weighted by molar-refractivity contribution is 5.99. The van der Waals surface area contributed by atoms with E-state index in [-0.39, 0.29) is 5.91 Å². The van der Waals surface area contributed by atoms with Crippen molar-refractivity contribution in [3.8, 4) is 5.75 Å². The largest absolute Gasteiger partial charge is 0.495 e. The lowest BCUT2D eigenvalue weighted by atomic mass is 10.1.